The molecule has 0 spiro atoms. The minimum absolute atomic E-state index is 0.390. The molecule has 0 N–H and O–H groups in total. The molecule has 0 saturated heterocycles. The van der Waals surface area contributed by atoms with Crippen molar-refractivity contribution in [1.82, 2.24) is 0 Å². The van der Waals surface area contributed by atoms with E-state index in [1.165, 1.54) is 39.9 Å². The summed E-state index contributed by atoms with van der Waals surface area (Å²) in [5.74, 6) is 2.65. The molecule has 0 heterocycles. The number of rotatable bonds is 6. The van der Waals surface area contributed by atoms with Crippen LogP contribution in [0.3, 0.4) is 0 Å². The minimum atomic E-state index is -0.482. The summed E-state index contributed by atoms with van der Waals surface area (Å²) >= 11 is -0.390. The fourth-order valence-electron chi connectivity index (χ4n) is 3.44. The van der Waals surface area contributed by atoms with Gasteiger partial charge < -0.3 is 0 Å². The van der Waals surface area contributed by atoms with Gasteiger partial charge in [-0.3, -0.25) is 0 Å². The van der Waals surface area contributed by atoms with Crippen LogP contribution in [0.1, 0.15) is 25.7 Å². The molecule has 0 aliphatic heterocycles. The zero-order chi connectivity index (χ0) is 19.0. The Morgan fingerprint density at radius 1 is 0.714 bits per heavy atom. The molecule has 0 unspecified atom stereocenters. The van der Waals surface area contributed by atoms with Crippen molar-refractivity contribution in [3.8, 4) is 0 Å². The van der Waals surface area contributed by atoms with Crippen LogP contribution >= 0.6 is 7.92 Å². The summed E-state index contributed by atoms with van der Waals surface area (Å²) in [5.41, 5.74) is 1.62. The summed E-state index contributed by atoms with van der Waals surface area (Å²) < 4.78 is 3.18. The predicted octanol–water partition coefficient (Wildman–Crippen LogP) is 5.49. The van der Waals surface area contributed by atoms with E-state index in [9.17, 15) is 0 Å². The summed E-state index contributed by atoms with van der Waals surface area (Å²) in [6, 6.07) is 33.2. The Morgan fingerprint density at radius 2 is 1.29 bits per heavy atom. The van der Waals surface area contributed by atoms with Crippen molar-refractivity contribution < 1.29 is 0 Å². The molecule has 0 saturated carbocycles. The van der Waals surface area contributed by atoms with Crippen LogP contribution in [-0.2, 0) is 0 Å². The van der Waals surface area contributed by atoms with E-state index in [0.717, 1.165) is 0 Å². The molecule has 1 aliphatic carbocycles. The normalized spacial score (nSPS) is 14.8. The Morgan fingerprint density at radius 3 is 1.82 bits per heavy atom. The van der Waals surface area contributed by atoms with E-state index in [2.05, 4.69) is 103 Å². The standard InChI is InChI=1S/C26H25PTe/c1-5-13-22(14-6-1)26(28-25-19-11-4-12-20-25)21-27(23-15-7-2-8-16-23)24-17-9-3-10-18-24/h2-4,7-13,15-21H,1,5-6,14H2/b26-21-. The molecule has 3 aromatic carbocycles. The van der Waals surface area contributed by atoms with Gasteiger partial charge in [0.05, 0.1) is 0 Å². The third-order valence-electron chi connectivity index (χ3n) is 4.89. The van der Waals surface area contributed by atoms with E-state index in [0.29, 0.717) is 0 Å². The molecule has 0 bridgehead atoms. The predicted molar refractivity (Wildman–Crippen MR) is 126 cm³/mol. The number of hydrogen-bond acceptors (Lipinski definition) is 0. The van der Waals surface area contributed by atoms with E-state index in [4.69, 9.17) is 0 Å². The number of hydrogen-bond donors (Lipinski definition) is 0. The second kappa shape index (κ2) is 10.2. The molecule has 28 heavy (non-hydrogen) atoms. The molecule has 0 radical (unpaired) electrons. The first-order chi connectivity index (χ1) is 13.9. The van der Waals surface area contributed by atoms with Gasteiger partial charge in [-0.25, -0.2) is 0 Å². The molecule has 2 heteroatoms. The molecule has 1 aliphatic rings. The quantitative estimate of drug-likeness (QED) is 0.313. The van der Waals surface area contributed by atoms with E-state index >= 15 is 0 Å². The van der Waals surface area contributed by atoms with Gasteiger partial charge in [0.2, 0.25) is 0 Å². The van der Waals surface area contributed by atoms with Crippen molar-refractivity contribution in [3.63, 3.8) is 0 Å². The molecule has 3 aromatic rings. The van der Waals surface area contributed by atoms with E-state index in [-0.39, 0.29) is 20.9 Å². The van der Waals surface area contributed by atoms with Gasteiger partial charge in [0, 0.05) is 0 Å². The van der Waals surface area contributed by atoms with Crippen molar-refractivity contribution >= 4 is 43.1 Å². The van der Waals surface area contributed by atoms with Crippen LogP contribution in [0, 0.1) is 0 Å². The van der Waals surface area contributed by atoms with Crippen molar-refractivity contribution in [2.75, 3.05) is 0 Å². The first kappa shape index (κ1) is 19.7. The van der Waals surface area contributed by atoms with Crippen molar-refractivity contribution in [1.29, 1.82) is 0 Å². The fraction of sp³-hybridized carbons (Fsp3) is 0.154. The van der Waals surface area contributed by atoms with Crippen LogP contribution in [0.2, 0.25) is 0 Å². The van der Waals surface area contributed by atoms with Crippen molar-refractivity contribution in [2.24, 2.45) is 0 Å². The Bertz CT molecular complexity index is 890. The Hall–Kier alpha value is -1.64. The zero-order valence-electron chi connectivity index (χ0n) is 16.0. The number of allylic oxidation sites excluding steroid dienone is 3. The molecule has 4 rings (SSSR count). The van der Waals surface area contributed by atoms with Gasteiger partial charge in [0.25, 0.3) is 0 Å². The molecule has 0 aromatic heterocycles. The third kappa shape index (κ3) is 5.24. The summed E-state index contributed by atoms with van der Waals surface area (Å²) in [6.07, 6.45) is 7.68. The SMILES string of the molecule is C1=C(/C(=C/P(c2ccccc2)c2ccccc2)[Te]c2ccccc2)CCCC1. The average Bonchev–Trinajstić information content (AvgIpc) is 2.79. The van der Waals surface area contributed by atoms with Gasteiger partial charge in [-0.05, 0) is 0 Å². The maximum atomic E-state index is 2.65. The third-order valence-corrected chi connectivity index (χ3v) is 10.8. The average molecular weight is 496 g/mol. The summed E-state index contributed by atoms with van der Waals surface area (Å²) in [5, 5.41) is 2.89. The van der Waals surface area contributed by atoms with Crippen LogP contribution in [0.15, 0.2) is 112 Å². The summed E-state index contributed by atoms with van der Waals surface area (Å²) in [7, 11) is -0.482. The molecule has 0 fully saturated rings. The van der Waals surface area contributed by atoms with Gasteiger partial charge in [0.1, 0.15) is 0 Å². The molecular formula is C26H25PTe. The van der Waals surface area contributed by atoms with Crippen molar-refractivity contribution in [2.45, 2.75) is 25.7 Å². The van der Waals surface area contributed by atoms with Crippen LogP contribution < -0.4 is 14.2 Å². The first-order valence-corrected chi connectivity index (χ1v) is 13.7. The molecular weight excluding hydrogens is 471 g/mol. The Kier molecular flexibility index (Phi) is 7.18. The topological polar surface area (TPSA) is 0 Å². The fourth-order valence-corrected chi connectivity index (χ4v) is 9.30. The van der Waals surface area contributed by atoms with Crippen LogP contribution in [0.4, 0.5) is 0 Å². The van der Waals surface area contributed by atoms with Crippen LogP contribution in [0.5, 0.6) is 0 Å². The molecule has 0 atom stereocenters. The Balaban J connectivity index is 1.77. The molecule has 140 valence electrons. The molecule has 0 amide bonds. The first-order valence-electron chi connectivity index (χ1n) is 9.93. The van der Waals surface area contributed by atoms with Crippen molar-refractivity contribution in [3.05, 3.63) is 112 Å². The van der Waals surface area contributed by atoms with Gasteiger partial charge in [-0.1, -0.05) is 0 Å². The number of benzene rings is 3. The molecule has 0 nitrogen and oxygen atoms in total. The zero-order valence-corrected chi connectivity index (χ0v) is 19.2. The van der Waals surface area contributed by atoms with E-state index in [1.54, 1.807) is 9.19 Å². The van der Waals surface area contributed by atoms with Gasteiger partial charge >= 0.3 is 181 Å². The van der Waals surface area contributed by atoms with Gasteiger partial charge in [-0.2, -0.15) is 0 Å². The second-order valence-electron chi connectivity index (χ2n) is 6.92. The van der Waals surface area contributed by atoms with Gasteiger partial charge in [0.15, 0.2) is 0 Å². The van der Waals surface area contributed by atoms with Crippen LogP contribution in [0.25, 0.3) is 0 Å². The second-order valence-corrected chi connectivity index (χ2v) is 12.1. The summed E-state index contributed by atoms with van der Waals surface area (Å²) in [6.45, 7) is 0. The van der Waals surface area contributed by atoms with Gasteiger partial charge in [-0.15, -0.1) is 0 Å². The Labute approximate surface area is 180 Å². The monoisotopic (exact) mass is 498 g/mol. The summed E-state index contributed by atoms with van der Waals surface area (Å²) in [4.78, 5) is 0. The maximum absolute atomic E-state index is 2.65. The van der Waals surface area contributed by atoms with Crippen LogP contribution in [-0.4, -0.2) is 20.9 Å². The van der Waals surface area contributed by atoms with E-state index in [1.807, 2.05) is 0 Å². The van der Waals surface area contributed by atoms with E-state index < -0.39 is 7.92 Å².